The number of nitrogens with zero attached hydrogens (tertiary/aromatic N) is 2. The molecule has 0 unspecified atom stereocenters. The van der Waals surface area contributed by atoms with Crippen molar-refractivity contribution in [2.75, 3.05) is 11.6 Å². The van der Waals surface area contributed by atoms with E-state index in [-0.39, 0.29) is 4.90 Å². The monoisotopic (exact) mass is 417 g/mol. The van der Waals surface area contributed by atoms with E-state index >= 15 is 0 Å². The van der Waals surface area contributed by atoms with E-state index in [2.05, 4.69) is 15.3 Å². The van der Waals surface area contributed by atoms with E-state index < -0.39 is 9.84 Å². The normalized spacial score (nSPS) is 11.1. The molecule has 4 rings (SSSR count). The van der Waals surface area contributed by atoms with Gasteiger partial charge in [0.05, 0.1) is 10.6 Å². The van der Waals surface area contributed by atoms with Gasteiger partial charge in [0.15, 0.2) is 9.84 Å². The van der Waals surface area contributed by atoms with E-state index in [1.807, 2.05) is 54.6 Å². The first-order chi connectivity index (χ1) is 14.5. The molecule has 0 aliphatic heterocycles. The smallest absolute Gasteiger partial charge is 0.175 e. The first-order valence-corrected chi connectivity index (χ1v) is 11.1. The Kier molecular flexibility index (Phi) is 5.45. The van der Waals surface area contributed by atoms with Gasteiger partial charge >= 0.3 is 0 Å². The standard InChI is InChI=1S/C23H19N3O3S/c1-30(27,28)19-11-7-8-17(14-19)26-23-15-21(24-16-25-23)20-12-5-6-13-22(20)29-18-9-3-2-4-10-18/h2-16H,1H3,(H,24,25,26). The second kappa shape index (κ2) is 8.34. The molecule has 0 bridgehead atoms. The van der Waals surface area contributed by atoms with Gasteiger partial charge in [-0.3, -0.25) is 0 Å². The quantitative estimate of drug-likeness (QED) is 0.471. The number of aromatic nitrogens is 2. The highest BCUT2D eigenvalue weighted by atomic mass is 32.2. The molecule has 0 fully saturated rings. The summed E-state index contributed by atoms with van der Waals surface area (Å²) in [6, 6.07) is 25.5. The lowest BCUT2D eigenvalue weighted by molar-refractivity contribution is 0.484. The Morgan fingerprint density at radius 2 is 1.60 bits per heavy atom. The van der Waals surface area contributed by atoms with E-state index in [0.29, 0.717) is 22.9 Å². The zero-order valence-corrected chi connectivity index (χ0v) is 17.0. The van der Waals surface area contributed by atoms with E-state index in [9.17, 15) is 8.42 Å². The van der Waals surface area contributed by atoms with Gasteiger partial charge in [0.25, 0.3) is 0 Å². The molecule has 150 valence electrons. The Morgan fingerprint density at radius 3 is 2.40 bits per heavy atom. The van der Waals surface area contributed by atoms with Crippen LogP contribution in [0.2, 0.25) is 0 Å². The summed E-state index contributed by atoms with van der Waals surface area (Å²) in [7, 11) is -3.29. The van der Waals surface area contributed by atoms with Crippen molar-refractivity contribution in [3.8, 4) is 22.8 Å². The number of benzene rings is 3. The average molecular weight is 417 g/mol. The minimum Gasteiger partial charge on any atom is -0.457 e. The number of sulfone groups is 1. The maximum absolute atomic E-state index is 11.8. The van der Waals surface area contributed by atoms with Gasteiger partial charge in [-0.15, -0.1) is 0 Å². The molecule has 6 nitrogen and oxygen atoms in total. The van der Waals surface area contributed by atoms with Crippen molar-refractivity contribution in [1.82, 2.24) is 9.97 Å². The van der Waals surface area contributed by atoms with Crippen molar-refractivity contribution in [3.63, 3.8) is 0 Å². The molecule has 0 aliphatic carbocycles. The second-order valence-corrected chi connectivity index (χ2v) is 8.64. The van der Waals surface area contributed by atoms with Crippen molar-refractivity contribution >= 4 is 21.3 Å². The maximum Gasteiger partial charge on any atom is 0.175 e. The van der Waals surface area contributed by atoms with Crippen LogP contribution in [0.4, 0.5) is 11.5 Å². The molecule has 0 aliphatic rings. The molecule has 0 amide bonds. The van der Waals surface area contributed by atoms with Crippen LogP contribution in [0.3, 0.4) is 0 Å². The molecule has 0 saturated carbocycles. The van der Waals surface area contributed by atoms with Crippen LogP contribution < -0.4 is 10.1 Å². The molecular weight excluding hydrogens is 398 g/mol. The Hall–Kier alpha value is -3.71. The molecular formula is C23H19N3O3S. The molecule has 1 aromatic heterocycles. The number of anilines is 2. The molecule has 0 saturated heterocycles. The molecule has 1 N–H and O–H groups in total. The maximum atomic E-state index is 11.8. The molecule has 4 aromatic rings. The van der Waals surface area contributed by atoms with E-state index in [4.69, 9.17) is 4.74 Å². The number of hydrogen-bond donors (Lipinski definition) is 1. The fourth-order valence-electron chi connectivity index (χ4n) is 2.91. The summed E-state index contributed by atoms with van der Waals surface area (Å²) < 4.78 is 29.6. The minimum atomic E-state index is -3.29. The number of hydrogen-bond acceptors (Lipinski definition) is 6. The Bertz CT molecular complexity index is 1280. The van der Waals surface area contributed by atoms with Gasteiger partial charge in [-0.05, 0) is 42.5 Å². The van der Waals surface area contributed by atoms with Crippen molar-refractivity contribution in [2.24, 2.45) is 0 Å². The van der Waals surface area contributed by atoms with Gasteiger partial charge in [0.1, 0.15) is 23.6 Å². The van der Waals surface area contributed by atoms with Gasteiger partial charge in [0, 0.05) is 23.6 Å². The van der Waals surface area contributed by atoms with Crippen molar-refractivity contribution in [2.45, 2.75) is 4.90 Å². The highest BCUT2D eigenvalue weighted by Crippen LogP contribution is 2.33. The summed E-state index contributed by atoms with van der Waals surface area (Å²) >= 11 is 0. The molecule has 30 heavy (non-hydrogen) atoms. The molecule has 3 aromatic carbocycles. The van der Waals surface area contributed by atoms with Crippen LogP contribution in [0.15, 0.2) is 96.2 Å². The number of rotatable bonds is 6. The third-order valence-electron chi connectivity index (χ3n) is 4.34. The average Bonchev–Trinajstić information content (AvgIpc) is 2.75. The molecule has 0 spiro atoms. The summed E-state index contributed by atoms with van der Waals surface area (Å²) in [5.41, 5.74) is 2.12. The summed E-state index contributed by atoms with van der Waals surface area (Å²) in [4.78, 5) is 8.88. The van der Waals surface area contributed by atoms with Crippen LogP contribution in [0.5, 0.6) is 11.5 Å². The largest absolute Gasteiger partial charge is 0.457 e. The van der Waals surface area contributed by atoms with Crippen LogP contribution >= 0.6 is 0 Å². The second-order valence-electron chi connectivity index (χ2n) is 6.62. The number of nitrogens with one attached hydrogen (secondary N) is 1. The van der Waals surface area contributed by atoms with Crippen LogP contribution in [0.25, 0.3) is 11.3 Å². The Labute approximate surface area is 175 Å². The lowest BCUT2D eigenvalue weighted by Gasteiger charge is -2.12. The van der Waals surface area contributed by atoms with Crippen molar-refractivity contribution in [3.05, 3.63) is 91.3 Å². The number of para-hydroxylation sites is 2. The third kappa shape index (κ3) is 4.64. The highest BCUT2D eigenvalue weighted by Gasteiger charge is 2.11. The predicted octanol–water partition coefficient (Wildman–Crippen LogP) is 5.08. The fraction of sp³-hybridized carbons (Fsp3) is 0.0435. The lowest BCUT2D eigenvalue weighted by Crippen LogP contribution is -2.00. The van der Waals surface area contributed by atoms with Crippen LogP contribution in [0.1, 0.15) is 0 Å². The first-order valence-electron chi connectivity index (χ1n) is 9.20. The van der Waals surface area contributed by atoms with E-state index in [1.54, 1.807) is 30.3 Å². The lowest BCUT2D eigenvalue weighted by atomic mass is 10.1. The number of ether oxygens (including phenoxy) is 1. The van der Waals surface area contributed by atoms with Crippen molar-refractivity contribution in [1.29, 1.82) is 0 Å². The van der Waals surface area contributed by atoms with Crippen LogP contribution in [-0.2, 0) is 9.84 Å². The fourth-order valence-corrected chi connectivity index (χ4v) is 3.57. The van der Waals surface area contributed by atoms with Gasteiger partial charge < -0.3 is 10.1 Å². The zero-order chi connectivity index (χ0) is 21.0. The summed E-state index contributed by atoms with van der Waals surface area (Å²) in [6.07, 6.45) is 2.63. The summed E-state index contributed by atoms with van der Waals surface area (Å²) in [5.74, 6) is 1.95. The van der Waals surface area contributed by atoms with Gasteiger partial charge in [0.2, 0.25) is 0 Å². The highest BCUT2D eigenvalue weighted by molar-refractivity contribution is 7.90. The zero-order valence-electron chi connectivity index (χ0n) is 16.2. The molecule has 7 heteroatoms. The van der Waals surface area contributed by atoms with Gasteiger partial charge in [-0.25, -0.2) is 18.4 Å². The van der Waals surface area contributed by atoms with Crippen molar-refractivity contribution < 1.29 is 13.2 Å². The summed E-state index contributed by atoms with van der Waals surface area (Å²) in [6.45, 7) is 0. The SMILES string of the molecule is CS(=O)(=O)c1cccc(Nc2cc(-c3ccccc3Oc3ccccc3)ncn2)c1. The summed E-state index contributed by atoms with van der Waals surface area (Å²) in [5, 5.41) is 3.14. The molecule has 0 atom stereocenters. The molecule has 0 radical (unpaired) electrons. The van der Waals surface area contributed by atoms with E-state index in [0.717, 1.165) is 11.3 Å². The topological polar surface area (TPSA) is 81.2 Å². The first kappa shape index (κ1) is 19.6. The van der Waals surface area contributed by atoms with Crippen LogP contribution in [-0.4, -0.2) is 24.6 Å². The Morgan fingerprint density at radius 1 is 0.833 bits per heavy atom. The van der Waals surface area contributed by atoms with E-state index in [1.165, 1.54) is 12.6 Å². The Balaban J connectivity index is 1.64. The van der Waals surface area contributed by atoms with Crippen LogP contribution in [0, 0.1) is 0 Å². The van der Waals surface area contributed by atoms with Gasteiger partial charge in [-0.2, -0.15) is 0 Å². The molecule has 1 heterocycles. The minimum absolute atomic E-state index is 0.239. The third-order valence-corrected chi connectivity index (χ3v) is 5.45. The predicted molar refractivity (Wildman–Crippen MR) is 117 cm³/mol. The van der Waals surface area contributed by atoms with Gasteiger partial charge in [-0.1, -0.05) is 36.4 Å².